The fraction of sp³-hybridized carbons (Fsp3) is 0.522. The number of alkyl halides is 3. The Morgan fingerprint density at radius 1 is 1.18 bits per heavy atom. The lowest BCUT2D eigenvalue weighted by molar-refractivity contribution is -0.137. The van der Waals surface area contributed by atoms with Gasteiger partial charge in [0.2, 0.25) is 0 Å². The van der Waals surface area contributed by atoms with E-state index in [4.69, 9.17) is 4.74 Å². The van der Waals surface area contributed by atoms with Gasteiger partial charge in [-0.15, -0.1) is 5.10 Å². The van der Waals surface area contributed by atoms with Crippen molar-refractivity contribution in [2.75, 3.05) is 6.54 Å². The highest BCUT2D eigenvalue weighted by molar-refractivity contribution is 5.70. The van der Waals surface area contributed by atoms with Gasteiger partial charge in [0.15, 0.2) is 0 Å². The molecule has 2 atom stereocenters. The number of hydrogen-bond acceptors (Lipinski definition) is 6. The Morgan fingerprint density at radius 3 is 2.45 bits per heavy atom. The molecule has 33 heavy (non-hydrogen) atoms. The van der Waals surface area contributed by atoms with Crippen LogP contribution >= 0.6 is 0 Å². The van der Waals surface area contributed by atoms with Crippen molar-refractivity contribution in [2.24, 2.45) is 0 Å². The Hall–Kier alpha value is -2.88. The number of nitrogens with zero attached hydrogens (tertiary/aromatic N) is 3. The van der Waals surface area contributed by atoms with Crippen molar-refractivity contribution in [1.82, 2.24) is 15.1 Å². The first-order valence-electron chi connectivity index (χ1n) is 10.7. The van der Waals surface area contributed by atoms with E-state index in [2.05, 4.69) is 10.2 Å². The quantitative estimate of drug-likeness (QED) is 0.660. The minimum absolute atomic E-state index is 0.0992. The van der Waals surface area contributed by atoms with Crippen molar-refractivity contribution in [3.63, 3.8) is 0 Å². The van der Waals surface area contributed by atoms with Crippen molar-refractivity contribution in [3.8, 4) is 17.0 Å². The van der Waals surface area contributed by atoms with Crippen LogP contribution in [0.3, 0.4) is 0 Å². The average molecular weight is 467 g/mol. The largest absolute Gasteiger partial charge is 0.507 e. The number of aryl methyl sites for hydroxylation is 1. The van der Waals surface area contributed by atoms with E-state index in [-0.39, 0.29) is 17.0 Å². The molecule has 0 aliphatic carbocycles. The highest BCUT2D eigenvalue weighted by atomic mass is 19.4. The average Bonchev–Trinajstić information content (AvgIpc) is 2.71. The van der Waals surface area contributed by atoms with Crippen LogP contribution in [-0.4, -0.2) is 49.6 Å². The summed E-state index contributed by atoms with van der Waals surface area (Å²) >= 11 is 0. The number of carbonyl (C=O) groups is 1. The molecule has 1 aromatic heterocycles. The van der Waals surface area contributed by atoms with Crippen LogP contribution in [0.1, 0.15) is 63.0 Å². The number of benzene rings is 1. The number of likely N-dealkylation sites (tertiary alicyclic amines) is 1. The second-order valence-corrected chi connectivity index (χ2v) is 9.21. The number of phenols is 1. The van der Waals surface area contributed by atoms with Gasteiger partial charge in [-0.3, -0.25) is 0 Å². The zero-order valence-corrected chi connectivity index (χ0v) is 19.0. The van der Waals surface area contributed by atoms with E-state index in [1.165, 1.54) is 4.90 Å². The molecule has 1 saturated heterocycles. The summed E-state index contributed by atoms with van der Waals surface area (Å²) in [5, 5.41) is 29.3. The molecular formula is C23H28F3N3O4. The van der Waals surface area contributed by atoms with Gasteiger partial charge in [-0.05, 0) is 76.8 Å². The minimum Gasteiger partial charge on any atom is -0.507 e. The van der Waals surface area contributed by atoms with Gasteiger partial charge in [0, 0.05) is 12.1 Å². The second-order valence-electron chi connectivity index (χ2n) is 9.21. The van der Waals surface area contributed by atoms with Gasteiger partial charge < -0.3 is 19.8 Å². The summed E-state index contributed by atoms with van der Waals surface area (Å²) in [7, 11) is 0. The van der Waals surface area contributed by atoms with Crippen molar-refractivity contribution in [1.29, 1.82) is 0 Å². The van der Waals surface area contributed by atoms with Gasteiger partial charge in [0.25, 0.3) is 0 Å². The molecule has 1 fully saturated rings. The molecule has 2 N–H and O–H groups in total. The number of aliphatic hydroxyl groups excluding tert-OH is 1. The highest BCUT2D eigenvalue weighted by Gasteiger charge is 2.36. The van der Waals surface area contributed by atoms with Gasteiger partial charge in [-0.2, -0.15) is 18.3 Å². The number of amides is 1. The van der Waals surface area contributed by atoms with Crippen LogP contribution in [0.25, 0.3) is 11.3 Å². The molecule has 2 unspecified atom stereocenters. The first-order chi connectivity index (χ1) is 15.3. The van der Waals surface area contributed by atoms with Crippen LogP contribution in [0.4, 0.5) is 18.0 Å². The summed E-state index contributed by atoms with van der Waals surface area (Å²) in [5.41, 5.74) is -0.615. The van der Waals surface area contributed by atoms with Gasteiger partial charge in [-0.1, -0.05) is 0 Å². The van der Waals surface area contributed by atoms with E-state index in [9.17, 15) is 28.2 Å². The van der Waals surface area contributed by atoms with Crippen LogP contribution in [-0.2, 0) is 10.9 Å². The smallest absolute Gasteiger partial charge is 0.416 e. The fourth-order valence-electron chi connectivity index (χ4n) is 3.85. The SMILES string of the molecule is Cc1cc(C(O)C2CCCCN2C(=O)OC(C)(C)C)nnc1-c1ccc(C(F)(F)F)cc1O. The van der Waals surface area contributed by atoms with E-state index in [1.54, 1.807) is 33.8 Å². The molecule has 1 aliphatic rings. The molecule has 0 spiro atoms. The summed E-state index contributed by atoms with van der Waals surface area (Å²) in [6.45, 7) is 7.41. The molecule has 2 aromatic rings. The predicted molar refractivity (Wildman–Crippen MR) is 114 cm³/mol. The number of hydrogen-bond donors (Lipinski definition) is 2. The summed E-state index contributed by atoms with van der Waals surface area (Å²) in [6, 6.07) is 3.65. The molecule has 1 aromatic carbocycles. The number of aliphatic hydroxyl groups is 1. The van der Waals surface area contributed by atoms with Gasteiger partial charge in [-0.25, -0.2) is 4.79 Å². The normalized spacial score (nSPS) is 18.2. The summed E-state index contributed by atoms with van der Waals surface area (Å²) < 4.78 is 44.1. The number of aromatic hydroxyl groups is 1. The molecule has 1 aliphatic heterocycles. The van der Waals surface area contributed by atoms with Crippen LogP contribution < -0.4 is 0 Å². The molecule has 0 bridgehead atoms. The molecule has 7 nitrogen and oxygen atoms in total. The number of carbonyl (C=O) groups excluding carboxylic acids is 1. The summed E-state index contributed by atoms with van der Waals surface area (Å²) in [5.74, 6) is -0.570. The lowest BCUT2D eigenvalue weighted by Gasteiger charge is -2.38. The number of piperidine rings is 1. The standard InChI is InChI=1S/C23H28F3N3O4/c1-13-11-16(20(31)17-7-5-6-10-29(17)21(32)33-22(2,3)4)27-28-19(13)15-9-8-14(12-18(15)30)23(24,25)26/h8-9,11-12,17,20,30-31H,5-7,10H2,1-4H3. The number of rotatable bonds is 3. The van der Waals surface area contributed by atoms with Crippen LogP contribution in [0.2, 0.25) is 0 Å². The Kier molecular flexibility index (Phi) is 6.88. The number of aromatic nitrogens is 2. The third-order valence-corrected chi connectivity index (χ3v) is 5.43. The molecule has 0 saturated carbocycles. The first kappa shape index (κ1) is 24.8. The molecule has 2 heterocycles. The summed E-state index contributed by atoms with van der Waals surface area (Å²) in [4.78, 5) is 14.2. The highest BCUT2D eigenvalue weighted by Crippen LogP contribution is 2.37. The van der Waals surface area contributed by atoms with Gasteiger partial charge in [0.1, 0.15) is 17.5 Å². The topological polar surface area (TPSA) is 95.8 Å². The maximum absolute atomic E-state index is 12.9. The maximum Gasteiger partial charge on any atom is 0.416 e. The number of phenolic OH excluding ortho intramolecular Hbond substituents is 1. The van der Waals surface area contributed by atoms with Gasteiger partial charge in [0.05, 0.1) is 23.0 Å². The Morgan fingerprint density at radius 2 is 1.88 bits per heavy atom. The van der Waals surface area contributed by atoms with Crippen LogP contribution in [0.15, 0.2) is 24.3 Å². The van der Waals surface area contributed by atoms with E-state index in [0.29, 0.717) is 24.6 Å². The van der Waals surface area contributed by atoms with Crippen molar-refractivity contribution in [3.05, 3.63) is 41.1 Å². The van der Waals surface area contributed by atoms with E-state index >= 15 is 0 Å². The van der Waals surface area contributed by atoms with Crippen molar-refractivity contribution in [2.45, 2.75) is 70.9 Å². The Balaban J connectivity index is 1.86. The van der Waals surface area contributed by atoms with E-state index < -0.39 is 41.3 Å². The van der Waals surface area contributed by atoms with E-state index in [0.717, 1.165) is 25.0 Å². The number of halogens is 3. The Bertz CT molecular complexity index is 1020. The summed E-state index contributed by atoms with van der Waals surface area (Å²) in [6.07, 6.45) is -4.04. The molecule has 3 rings (SSSR count). The fourth-order valence-corrected chi connectivity index (χ4v) is 3.85. The molecule has 180 valence electrons. The zero-order chi connectivity index (χ0) is 24.6. The molecular weight excluding hydrogens is 439 g/mol. The monoisotopic (exact) mass is 467 g/mol. The van der Waals surface area contributed by atoms with Gasteiger partial charge >= 0.3 is 12.3 Å². The van der Waals surface area contributed by atoms with Crippen LogP contribution in [0, 0.1) is 6.92 Å². The van der Waals surface area contributed by atoms with Crippen molar-refractivity contribution < 1.29 is 32.9 Å². The second kappa shape index (κ2) is 9.17. The molecule has 1 amide bonds. The minimum atomic E-state index is -4.58. The van der Waals surface area contributed by atoms with Crippen LogP contribution in [0.5, 0.6) is 5.75 Å². The first-order valence-corrected chi connectivity index (χ1v) is 10.7. The number of ether oxygens (including phenoxy) is 1. The third kappa shape index (κ3) is 5.73. The molecule has 0 radical (unpaired) electrons. The Labute approximate surface area is 190 Å². The van der Waals surface area contributed by atoms with Crippen molar-refractivity contribution >= 4 is 6.09 Å². The lowest BCUT2D eigenvalue weighted by Crippen LogP contribution is -2.48. The molecule has 10 heteroatoms. The maximum atomic E-state index is 12.9. The lowest BCUT2D eigenvalue weighted by atomic mass is 9.95. The predicted octanol–water partition coefficient (Wildman–Crippen LogP) is 5.00. The zero-order valence-electron chi connectivity index (χ0n) is 19.0. The third-order valence-electron chi connectivity index (χ3n) is 5.43. The van der Waals surface area contributed by atoms with E-state index in [1.807, 2.05) is 0 Å².